The standard InChI is InChI=1S/C7H9NO4S2/c1-2-12-7(9)5-3-6(13-4-5)14(8,10)11/h3-4H,2H2,1H3,(H2,8,10,11). The Balaban J connectivity index is 2.94. The van der Waals surface area contributed by atoms with Crippen molar-refractivity contribution >= 4 is 27.3 Å². The number of carbonyl (C=O) groups is 1. The Hall–Kier alpha value is -0.920. The third-order valence-corrected chi connectivity index (χ3v) is 3.75. The van der Waals surface area contributed by atoms with Crippen molar-refractivity contribution in [1.82, 2.24) is 0 Å². The summed E-state index contributed by atoms with van der Waals surface area (Å²) in [6, 6.07) is 1.21. The molecule has 2 N–H and O–H groups in total. The van der Waals surface area contributed by atoms with Gasteiger partial charge in [-0.2, -0.15) is 0 Å². The monoisotopic (exact) mass is 235 g/mol. The van der Waals surface area contributed by atoms with Crippen molar-refractivity contribution in [2.75, 3.05) is 6.61 Å². The summed E-state index contributed by atoms with van der Waals surface area (Å²) in [5.74, 6) is -0.543. The van der Waals surface area contributed by atoms with Gasteiger partial charge in [0.2, 0.25) is 10.0 Å². The normalized spacial score (nSPS) is 11.3. The van der Waals surface area contributed by atoms with Crippen molar-refractivity contribution in [1.29, 1.82) is 0 Å². The number of nitrogens with two attached hydrogens (primary N) is 1. The van der Waals surface area contributed by atoms with Gasteiger partial charge in [0.25, 0.3) is 0 Å². The van der Waals surface area contributed by atoms with Crippen LogP contribution in [0.4, 0.5) is 0 Å². The van der Waals surface area contributed by atoms with Crippen molar-refractivity contribution in [3.63, 3.8) is 0 Å². The minimum absolute atomic E-state index is 0.0412. The van der Waals surface area contributed by atoms with E-state index in [1.54, 1.807) is 6.92 Å². The van der Waals surface area contributed by atoms with Crippen molar-refractivity contribution in [3.05, 3.63) is 17.0 Å². The fourth-order valence-electron chi connectivity index (χ4n) is 0.787. The van der Waals surface area contributed by atoms with E-state index >= 15 is 0 Å². The predicted molar refractivity (Wildman–Crippen MR) is 51.6 cm³/mol. The van der Waals surface area contributed by atoms with Crippen molar-refractivity contribution in [2.24, 2.45) is 5.14 Å². The van der Waals surface area contributed by atoms with E-state index in [0.29, 0.717) is 0 Å². The Morgan fingerprint density at radius 2 is 2.29 bits per heavy atom. The van der Waals surface area contributed by atoms with Crippen LogP contribution in [0.1, 0.15) is 17.3 Å². The molecule has 7 heteroatoms. The van der Waals surface area contributed by atoms with Gasteiger partial charge in [0, 0.05) is 5.38 Å². The number of thiophene rings is 1. The molecule has 0 aromatic carbocycles. The third kappa shape index (κ3) is 2.53. The molecule has 0 fully saturated rings. The predicted octanol–water partition coefficient (Wildman–Crippen LogP) is 0.572. The highest BCUT2D eigenvalue weighted by Gasteiger charge is 2.15. The molecule has 0 bridgehead atoms. The molecule has 14 heavy (non-hydrogen) atoms. The molecule has 1 heterocycles. The lowest BCUT2D eigenvalue weighted by Crippen LogP contribution is -2.10. The Labute approximate surface area is 85.5 Å². The van der Waals surface area contributed by atoms with Gasteiger partial charge in [-0.05, 0) is 13.0 Å². The van der Waals surface area contributed by atoms with Gasteiger partial charge in [-0.1, -0.05) is 0 Å². The SMILES string of the molecule is CCOC(=O)c1csc(S(N)(=O)=O)c1. The number of hydrogen-bond donors (Lipinski definition) is 1. The highest BCUT2D eigenvalue weighted by molar-refractivity contribution is 7.91. The number of ether oxygens (including phenoxy) is 1. The lowest BCUT2D eigenvalue weighted by Gasteiger charge is -1.96. The van der Waals surface area contributed by atoms with Gasteiger partial charge in [-0.15, -0.1) is 11.3 Å². The van der Waals surface area contributed by atoms with Crippen molar-refractivity contribution in [2.45, 2.75) is 11.1 Å². The molecule has 1 rings (SSSR count). The molecule has 1 aromatic rings. The second kappa shape index (κ2) is 4.07. The second-order valence-corrected chi connectivity index (χ2v) is 5.12. The number of esters is 1. The van der Waals surface area contributed by atoms with Crippen LogP contribution < -0.4 is 5.14 Å². The zero-order valence-corrected chi connectivity index (χ0v) is 9.02. The largest absolute Gasteiger partial charge is 0.462 e. The molecule has 0 aliphatic rings. The van der Waals surface area contributed by atoms with Crippen LogP contribution in [-0.4, -0.2) is 21.0 Å². The van der Waals surface area contributed by atoms with E-state index in [4.69, 9.17) is 5.14 Å². The number of carbonyl (C=O) groups excluding carboxylic acids is 1. The van der Waals surface area contributed by atoms with E-state index in [2.05, 4.69) is 4.74 Å². The topological polar surface area (TPSA) is 86.5 Å². The lowest BCUT2D eigenvalue weighted by molar-refractivity contribution is 0.0527. The highest BCUT2D eigenvalue weighted by Crippen LogP contribution is 2.19. The molecule has 0 saturated carbocycles. The first-order chi connectivity index (χ1) is 6.45. The Morgan fingerprint density at radius 3 is 2.71 bits per heavy atom. The summed E-state index contributed by atoms with van der Waals surface area (Å²) >= 11 is 0.897. The van der Waals surface area contributed by atoms with E-state index in [9.17, 15) is 13.2 Å². The van der Waals surface area contributed by atoms with E-state index in [1.807, 2.05) is 0 Å². The zero-order chi connectivity index (χ0) is 10.8. The molecular formula is C7H9NO4S2. The smallest absolute Gasteiger partial charge is 0.339 e. The van der Waals surface area contributed by atoms with Gasteiger partial charge in [-0.3, -0.25) is 0 Å². The van der Waals surface area contributed by atoms with E-state index < -0.39 is 16.0 Å². The van der Waals surface area contributed by atoms with Crippen LogP contribution in [-0.2, 0) is 14.8 Å². The molecule has 0 unspecified atom stereocenters. The fraction of sp³-hybridized carbons (Fsp3) is 0.286. The molecular weight excluding hydrogens is 226 g/mol. The number of rotatable bonds is 3. The van der Waals surface area contributed by atoms with E-state index in [1.165, 1.54) is 11.4 Å². The third-order valence-electron chi connectivity index (χ3n) is 1.37. The number of sulfonamides is 1. The van der Waals surface area contributed by atoms with Gasteiger partial charge in [0.15, 0.2) is 0 Å². The van der Waals surface area contributed by atoms with Gasteiger partial charge < -0.3 is 4.74 Å². The van der Waals surface area contributed by atoms with Gasteiger partial charge in [-0.25, -0.2) is 18.4 Å². The first-order valence-electron chi connectivity index (χ1n) is 3.73. The summed E-state index contributed by atoms with van der Waals surface area (Å²) in [6.45, 7) is 1.92. The second-order valence-electron chi connectivity index (χ2n) is 2.42. The van der Waals surface area contributed by atoms with Crippen molar-refractivity contribution < 1.29 is 17.9 Å². The maximum atomic E-state index is 11.1. The highest BCUT2D eigenvalue weighted by atomic mass is 32.2. The molecule has 0 aliphatic carbocycles. The fourth-order valence-corrected chi connectivity index (χ4v) is 2.36. The molecule has 1 aromatic heterocycles. The van der Waals surface area contributed by atoms with Crippen LogP contribution in [0.5, 0.6) is 0 Å². The minimum Gasteiger partial charge on any atom is -0.462 e. The average molecular weight is 235 g/mol. The van der Waals surface area contributed by atoms with Crippen LogP contribution in [0.3, 0.4) is 0 Å². The van der Waals surface area contributed by atoms with Crippen LogP contribution in [0.2, 0.25) is 0 Å². The van der Waals surface area contributed by atoms with Gasteiger partial charge in [0.05, 0.1) is 12.2 Å². The average Bonchev–Trinajstić information content (AvgIpc) is 2.51. The molecule has 0 spiro atoms. The Kier molecular flexibility index (Phi) is 3.25. The minimum atomic E-state index is -3.72. The summed E-state index contributed by atoms with van der Waals surface area (Å²) in [6.07, 6.45) is 0. The molecule has 78 valence electrons. The summed E-state index contributed by atoms with van der Waals surface area (Å²) in [5.41, 5.74) is 0.209. The maximum absolute atomic E-state index is 11.1. The first kappa shape index (κ1) is 11.2. The lowest BCUT2D eigenvalue weighted by atomic mass is 10.3. The molecule has 0 saturated heterocycles. The van der Waals surface area contributed by atoms with Crippen LogP contribution in [0.25, 0.3) is 0 Å². The molecule has 0 radical (unpaired) electrons. The maximum Gasteiger partial charge on any atom is 0.339 e. The number of primary sulfonamides is 1. The molecule has 0 atom stereocenters. The van der Waals surface area contributed by atoms with E-state index in [-0.39, 0.29) is 16.4 Å². The summed E-state index contributed by atoms with van der Waals surface area (Å²) < 4.78 is 26.4. The first-order valence-corrected chi connectivity index (χ1v) is 6.16. The summed E-state index contributed by atoms with van der Waals surface area (Å²) in [7, 11) is -3.72. The van der Waals surface area contributed by atoms with Crippen LogP contribution in [0, 0.1) is 0 Å². The zero-order valence-electron chi connectivity index (χ0n) is 7.39. The summed E-state index contributed by atoms with van der Waals surface area (Å²) in [4.78, 5) is 11.1. The van der Waals surface area contributed by atoms with Crippen LogP contribution in [0.15, 0.2) is 15.7 Å². The Bertz CT molecular complexity index is 434. The number of hydrogen-bond acceptors (Lipinski definition) is 5. The van der Waals surface area contributed by atoms with E-state index in [0.717, 1.165) is 11.3 Å². The van der Waals surface area contributed by atoms with Gasteiger partial charge >= 0.3 is 5.97 Å². The molecule has 0 amide bonds. The molecule has 0 aliphatic heterocycles. The molecule has 5 nitrogen and oxygen atoms in total. The van der Waals surface area contributed by atoms with Crippen LogP contribution >= 0.6 is 11.3 Å². The summed E-state index contributed by atoms with van der Waals surface area (Å²) in [5, 5.41) is 6.28. The quantitative estimate of drug-likeness (QED) is 0.776. The van der Waals surface area contributed by atoms with Crippen molar-refractivity contribution in [3.8, 4) is 0 Å². The van der Waals surface area contributed by atoms with Gasteiger partial charge in [0.1, 0.15) is 4.21 Å². The Morgan fingerprint density at radius 1 is 1.64 bits per heavy atom.